The number of benzene rings is 1. The summed E-state index contributed by atoms with van der Waals surface area (Å²) in [6.07, 6.45) is 10.6. The van der Waals surface area contributed by atoms with Crippen LogP contribution in [0.4, 0.5) is 15.8 Å². The van der Waals surface area contributed by atoms with Gasteiger partial charge in [-0.1, -0.05) is 51.2 Å². The molecule has 0 aliphatic heterocycles. The molecule has 10 nitrogen and oxygen atoms in total. The maximum absolute atomic E-state index is 14.3. The Kier molecular flexibility index (Phi) is 12.7. The van der Waals surface area contributed by atoms with E-state index in [2.05, 4.69) is 32.5 Å². The Labute approximate surface area is 204 Å². The second kappa shape index (κ2) is 15.8. The number of rotatable bonds is 18. The fourth-order valence-corrected chi connectivity index (χ4v) is 3.68. The fraction of sp³-hybridized carbons (Fsp3) is 0.625. The molecule has 1 heterocycles. The first kappa shape index (κ1) is 28.2. The van der Waals surface area contributed by atoms with Crippen molar-refractivity contribution >= 4 is 28.3 Å². The van der Waals surface area contributed by atoms with Crippen LogP contribution in [-0.4, -0.2) is 51.6 Å². The van der Waals surface area contributed by atoms with E-state index in [0.717, 1.165) is 32.1 Å². The Bertz CT molecular complexity index is 952. The van der Waals surface area contributed by atoms with Crippen molar-refractivity contribution in [1.82, 2.24) is 15.6 Å². The van der Waals surface area contributed by atoms with E-state index in [4.69, 9.17) is 0 Å². The highest BCUT2D eigenvalue weighted by Crippen LogP contribution is 2.28. The lowest BCUT2D eigenvalue weighted by Crippen LogP contribution is -2.43. The number of nitrogens with zero attached hydrogens (tertiary/aromatic N) is 3. The average molecular weight is 494 g/mol. The van der Waals surface area contributed by atoms with Crippen LogP contribution < -0.4 is 10.6 Å². The zero-order valence-electron chi connectivity index (χ0n) is 20.2. The van der Waals surface area contributed by atoms with Gasteiger partial charge in [0.1, 0.15) is 6.17 Å². The van der Waals surface area contributed by atoms with Crippen LogP contribution in [0.25, 0.3) is 11.0 Å². The van der Waals surface area contributed by atoms with E-state index in [0.29, 0.717) is 24.2 Å². The van der Waals surface area contributed by atoms with Crippen LogP contribution in [0.1, 0.15) is 71.1 Å². The molecule has 0 unspecified atom stereocenters. The maximum atomic E-state index is 14.3. The molecule has 2 aromatic rings. The summed E-state index contributed by atoms with van der Waals surface area (Å²) in [5.74, 6) is -0.293. The van der Waals surface area contributed by atoms with E-state index in [1.54, 1.807) is 12.1 Å². The number of aromatic nitrogens is 2. The quantitative estimate of drug-likeness (QED) is 0.116. The molecule has 0 spiro atoms. The summed E-state index contributed by atoms with van der Waals surface area (Å²) in [5.41, 5.74) is 0.786. The van der Waals surface area contributed by atoms with Crippen molar-refractivity contribution in [1.29, 1.82) is 0 Å². The van der Waals surface area contributed by atoms with Gasteiger partial charge in [-0.25, -0.2) is 9.02 Å². The number of alkyl halides is 1. The third-order valence-corrected chi connectivity index (χ3v) is 5.71. The van der Waals surface area contributed by atoms with Gasteiger partial charge in [0.05, 0.1) is 23.3 Å². The van der Waals surface area contributed by atoms with E-state index in [9.17, 15) is 24.4 Å². The summed E-state index contributed by atoms with van der Waals surface area (Å²) in [5, 5.41) is 33.5. The summed E-state index contributed by atoms with van der Waals surface area (Å²) < 4.78 is 19.0. The Balaban J connectivity index is 1.63. The third kappa shape index (κ3) is 9.59. The van der Waals surface area contributed by atoms with Gasteiger partial charge in [0.25, 0.3) is 0 Å². The molecule has 194 valence electrons. The van der Waals surface area contributed by atoms with Gasteiger partial charge < -0.3 is 15.7 Å². The van der Waals surface area contributed by atoms with Crippen molar-refractivity contribution in [2.75, 3.05) is 18.5 Å². The number of hydrogen-bond donors (Lipinski definition) is 3. The number of nitrogens with one attached hydrogen (secondary N) is 2. The first-order valence-electron chi connectivity index (χ1n) is 12.3. The normalized spacial score (nSPS) is 13.2. The highest BCUT2D eigenvalue weighted by molar-refractivity contribution is 5.93. The van der Waals surface area contributed by atoms with Gasteiger partial charge in [0, 0.05) is 19.0 Å². The minimum Gasteiger partial charge on any atom is -0.394 e. The summed E-state index contributed by atoms with van der Waals surface area (Å²) in [4.78, 5) is 22.6. The first-order chi connectivity index (χ1) is 17.0. The standard InChI is InChI=1S/C24H36FN5O5/c1-2-3-4-5-6-7-9-12-18(25)20(17-31)27-22(32)13-10-8-11-16-26-19-14-15-21(30(33)34)24-23(19)28-35-29-24/h9,12,14-15,18,20,26,31H,2-8,10-11,13,16-17H2,1H3,(H,27,32)/b12-9+/t18-,20-/m0/s1. The molecule has 0 saturated heterocycles. The van der Waals surface area contributed by atoms with E-state index >= 15 is 0 Å². The van der Waals surface area contributed by atoms with Gasteiger partial charge in [-0.2, -0.15) is 0 Å². The van der Waals surface area contributed by atoms with Crippen LogP contribution in [-0.2, 0) is 4.79 Å². The molecule has 1 aromatic heterocycles. The predicted octanol–water partition coefficient (Wildman–Crippen LogP) is 4.84. The summed E-state index contributed by atoms with van der Waals surface area (Å²) in [6, 6.07) is 1.96. The molecule has 35 heavy (non-hydrogen) atoms. The molecule has 0 radical (unpaired) electrons. The Morgan fingerprint density at radius 3 is 2.66 bits per heavy atom. The lowest BCUT2D eigenvalue weighted by Gasteiger charge is -2.18. The molecule has 1 aromatic carbocycles. The SMILES string of the molecule is CCCCCCC/C=C/[C@H](F)[C@H](CO)NC(=O)CCCCCNc1ccc([N+](=O)[O-])c2nonc12. The lowest BCUT2D eigenvalue weighted by atomic mass is 10.1. The number of hydrogen-bond acceptors (Lipinski definition) is 8. The maximum Gasteiger partial charge on any atom is 0.300 e. The van der Waals surface area contributed by atoms with Crippen LogP contribution >= 0.6 is 0 Å². The highest BCUT2D eigenvalue weighted by Gasteiger charge is 2.20. The number of halogens is 1. The Hall–Kier alpha value is -3.08. The molecule has 2 atom stereocenters. The van der Waals surface area contributed by atoms with Gasteiger partial charge in [-0.05, 0) is 42.1 Å². The zero-order valence-corrected chi connectivity index (χ0v) is 20.2. The van der Waals surface area contributed by atoms with Gasteiger partial charge >= 0.3 is 5.69 Å². The molecule has 1 amide bonds. The monoisotopic (exact) mass is 493 g/mol. The number of carbonyl (C=O) groups excluding carboxylic acids is 1. The van der Waals surface area contributed by atoms with E-state index in [-0.39, 0.29) is 23.5 Å². The molecular formula is C24H36FN5O5. The van der Waals surface area contributed by atoms with Crippen LogP contribution in [0.3, 0.4) is 0 Å². The van der Waals surface area contributed by atoms with E-state index in [1.165, 1.54) is 31.4 Å². The van der Waals surface area contributed by atoms with Gasteiger partial charge in [0.15, 0.2) is 5.52 Å². The number of non-ortho nitro benzene ring substituents is 1. The minimum atomic E-state index is -1.42. The van der Waals surface area contributed by atoms with Crippen LogP contribution in [0.2, 0.25) is 0 Å². The second-order valence-electron chi connectivity index (χ2n) is 8.52. The van der Waals surface area contributed by atoms with Crippen molar-refractivity contribution in [3.63, 3.8) is 0 Å². The van der Waals surface area contributed by atoms with Gasteiger partial charge in [-0.3, -0.25) is 14.9 Å². The predicted molar refractivity (Wildman–Crippen MR) is 132 cm³/mol. The molecule has 11 heteroatoms. The molecule has 2 rings (SSSR count). The Morgan fingerprint density at radius 1 is 1.17 bits per heavy atom. The smallest absolute Gasteiger partial charge is 0.300 e. The molecule has 0 aliphatic rings. The van der Waals surface area contributed by atoms with Gasteiger partial charge in [0.2, 0.25) is 11.4 Å². The van der Waals surface area contributed by atoms with E-state index in [1.807, 2.05) is 0 Å². The summed E-state index contributed by atoms with van der Waals surface area (Å²) in [7, 11) is 0. The molecule has 3 N–H and O–H groups in total. The largest absolute Gasteiger partial charge is 0.394 e. The molecule has 0 saturated carbocycles. The van der Waals surface area contributed by atoms with Crippen molar-refractivity contribution in [2.24, 2.45) is 0 Å². The number of fused-ring (bicyclic) bond motifs is 1. The topological polar surface area (TPSA) is 143 Å². The third-order valence-electron chi connectivity index (χ3n) is 5.71. The molecular weight excluding hydrogens is 457 g/mol. The highest BCUT2D eigenvalue weighted by atomic mass is 19.1. The average Bonchev–Trinajstić information content (AvgIpc) is 3.34. The van der Waals surface area contributed by atoms with Crippen molar-refractivity contribution in [2.45, 2.75) is 83.3 Å². The fourth-order valence-electron chi connectivity index (χ4n) is 3.68. The van der Waals surface area contributed by atoms with Crippen molar-refractivity contribution < 1.29 is 23.8 Å². The zero-order chi connectivity index (χ0) is 25.5. The second-order valence-corrected chi connectivity index (χ2v) is 8.52. The summed E-state index contributed by atoms with van der Waals surface area (Å²) in [6.45, 7) is 2.27. The number of aliphatic hydroxyl groups is 1. The first-order valence-corrected chi connectivity index (χ1v) is 12.3. The number of carbonyl (C=O) groups is 1. The number of aliphatic hydroxyl groups excluding tert-OH is 1. The number of nitro benzene ring substituents is 1. The molecule has 0 aliphatic carbocycles. The van der Waals surface area contributed by atoms with Crippen molar-refractivity contribution in [3.05, 3.63) is 34.4 Å². The van der Waals surface area contributed by atoms with Gasteiger partial charge in [-0.15, -0.1) is 0 Å². The Morgan fingerprint density at radius 2 is 1.91 bits per heavy atom. The number of allylic oxidation sites excluding steroid dienone is 1. The summed E-state index contributed by atoms with van der Waals surface area (Å²) >= 11 is 0. The molecule has 0 fully saturated rings. The molecule has 0 bridgehead atoms. The number of unbranched alkanes of at least 4 members (excludes halogenated alkanes) is 7. The number of amides is 1. The van der Waals surface area contributed by atoms with E-state index < -0.39 is 23.7 Å². The van der Waals surface area contributed by atoms with Crippen LogP contribution in [0.15, 0.2) is 28.9 Å². The minimum absolute atomic E-state index is 0.0862. The van der Waals surface area contributed by atoms with Crippen molar-refractivity contribution in [3.8, 4) is 0 Å². The lowest BCUT2D eigenvalue weighted by molar-refractivity contribution is -0.383. The van der Waals surface area contributed by atoms with Crippen LogP contribution in [0.5, 0.6) is 0 Å². The number of anilines is 1. The number of nitro groups is 1. The van der Waals surface area contributed by atoms with Crippen LogP contribution in [0, 0.1) is 10.1 Å².